The van der Waals surface area contributed by atoms with Crippen molar-refractivity contribution in [2.75, 3.05) is 19.8 Å². The Hall–Kier alpha value is -0.200. The van der Waals surface area contributed by atoms with E-state index in [9.17, 15) is 0 Å². The summed E-state index contributed by atoms with van der Waals surface area (Å²) in [4.78, 5) is 0. The van der Waals surface area contributed by atoms with E-state index in [4.69, 9.17) is 25.2 Å². The smallest absolute Gasteiger partial charge is 0.109 e. The molecule has 12 heavy (non-hydrogen) atoms. The lowest BCUT2D eigenvalue weighted by Gasteiger charge is -2.20. The van der Waals surface area contributed by atoms with Crippen molar-refractivity contribution in [3.8, 4) is 0 Å². The highest BCUT2D eigenvalue weighted by Crippen LogP contribution is 1.99. The first kappa shape index (κ1) is 11.8. The molecule has 0 aromatic carbocycles. The zero-order chi connectivity index (χ0) is 9.56. The molecule has 0 heterocycles. The summed E-state index contributed by atoms with van der Waals surface area (Å²) in [6, 6.07) is 0. The van der Waals surface area contributed by atoms with Gasteiger partial charge in [-0.25, -0.2) is 0 Å². The minimum Gasteiger partial charge on any atom is -0.394 e. The number of hydrogen-bond acceptors (Lipinski definition) is 5. The van der Waals surface area contributed by atoms with Gasteiger partial charge in [0, 0.05) is 0 Å². The van der Waals surface area contributed by atoms with Crippen molar-refractivity contribution in [3.05, 3.63) is 0 Å². The average molecular weight is 180 g/mol. The summed E-state index contributed by atoms with van der Waals surface area (Å²) in [5.74, 6) is 0. The van der Waals surface area contributed by atoms with Crippen LogP contribution in [0, 0.1) is 0 Å². The summed E-state index contributed by atoms with van der Waals surface area (Å²) in [5, 5.41) is 35.0. The van der Waals surface area contributed by atoms with E-state index in [1.54, 1.807) is 0 Å². The quantitative estimate of drug-likeness (QED) is 0.383. The summed E-state index contributed by atoms with van der Waals surface area (Å²) in [5.41, 5.74) is 0. The Balaban J connectivity index is 3.67. The summed E-state index contributed by atoms with van der Waals surface area (Å²) in [6.45, 7) is 0.710. The van der Waals surface area contributed by atoms with Gasteiger partial charge in [0.05, 0.1) is 25.9 Å². The van der Waals surface area contributed by atoms with Crippen LogP contribution < -0.4 is 0 Å². The fraction of sp³-hybridized carbons (Fsp3) is 1.00. The first-order valence-electron chi connectivity index (χ1n) is 3.81. The first-order valence-corrected chi connectivity index (χ1v) is 3.81. The lowest BCUT2D eigenvalue weighted by atomic mass is 10.2. The summed E-state index contributed by atoms with van der Waals surface area (Å²) in [6.07, 6.45) is -2.58. The molecule has 0 saturated carbocycles. The maximum absolute atomic E-state index is 9.01. The highest BCUT2D eigenvalue weighted by molar-refractivity contribution is 4.66. The SMILES string of the molecule is C[C@@H](O)COC(CO)[C@@H](O)CO. The molecule has 0 fully saturated rings. The highest BCUT2D eigenvalue weighted by atomic mass is 16.5. The fourth-order valence-corrected chi connectivity index (χ4v) is 0.666. The molecule has 0 aromatic rings. The number of aliphatic hydroxyl groups is 4. The lowest BCUT2D eigenvalue weighted by Crippen LogP contribution is -2.36. The predicted molar refractivity (Wildman–Crippen MR) is 41.6 cm³/mol. The Morgan fingerprint density at radius 1 is 1.17 bits per heavy atom. The summed E-state index contributed by atoms with van der Waals surface area (Å²) >= 11 is 0. The molecule has 5 heteroatoms. The number of aliphatic hydroxyl groups excluding tert-OH is 4. The van der Waals surface area contributed by atoms with Crippen molar-refractivity contribution >= 4 is 0 Å². The molecule has 0 saturated heterocycles. The molecule has 3 atom stereocenters. The van der Waals surface area contributed by atoms with Gasteiger partial charge in [0.1, 0.15) is 12.2 Å². The van der Waals surface area contributed by atoms with Gasteiger partial charge in [-0.1, -0.05) is 0 Å². The van der Waals surface area contributed by atoms with Gasteiger partial charge >= 0.3 is 0 Å². The summed E-state index contributed by atoms with van der Waals surface area (Å²) < 4.78 is 4.90. The Labute approximate surface area is 71.2 Å². The van der Waals surface area contributed by atoms with Crippen LogP contribution in [0.3, 0.4) is 0 Å². The van der Waals surface area contributed by atoms with E-state index in [2.05, 4.69) is 0 Å². The number of hydrogen-bond donors (Lipinski definition) is 4. The van der Waals surface area contributed by atoms with Gasteiger partial charge in [-0.3, -0.25) is 0 Å². The fourth-order valence-electron chi connectivity index (χ4n) is 0.666. The number of rotatable bonds is 6. The second kappa shape index (κ2) is 6.33. The molecule has 5 nitrogen and oxygen atoms in total. The molecular formula is C7H16O5. The normalized spacial score (nSPS) is 18.8. The largest absolute Gasteiger partial charge is 0.394 e. The van der Waals surface area contributed by atoms with Crippen molar-refractivity contribution in [3.63, 3.8) is 0 Å². The zero-order valence-electron chi connectivity index (χ0n) is 7.05. The molecule has 0 aliphatic carbocycles. The van der Waals surface area contributed by atoms with E-state index < -0.39 is 24.9 Å². The van der Waals surface area contributed by atoms with Crippen LogP contribution in [0.4, 0.5) is 0 Å². The molecule has 0 spiro atoms. The van der Waals surface area contributed by atoms with Crippen molar-refractivity contribution in [1.29, 1.82) is 0 Å². The second-order valence-corrected chi connectivity index (χ2v) is 2.65. The van der Waals surface area contributed by atoms with Gasteiger partial charge in [0.25, 0.3) is 0 Å². The van der Waals surface area contributed by atoms with Gasteiger partial charge in [0.15, 0.2) is 0 Å². The van der Waals surface area contributed by atoms with Gasteiger partial charge in [-0.05, 0) is 6.92 Å². The van der Waals surface area contributed by atoms with Gasteiger partial charge in [-0.15, -0.1) is 0 Å². The second-order valence-electron chi connectivity index (χ2n) is 2.65. The van der Waals surface area contributed by atoms with E-state index in [1.807, 2.05) is 0 Å². The van der Waals surface area contributed by atoms with Crippen molar-refractivity contribution in [1.82, 2.24) is 0 Å². The lowest BCUT2D eigenvalue weighted by molar-refractivity contribution is -0.0962. The van der Waals surface area contributed by atoms with Crippen LogP contribution in [0.15, 0.2) is 0 Å². The topological polar surface area (TPSA) is 90.2 Å². The Morgan fingerprint density at radius 3 is 2.08 bits per heavy atom. The third-order valence-electron chi connectivity index (χ3n) is 1.35. The Morgan fingerprint density at radius 2 is 1.75 bits per heavy atom. The van der Waals surface area contributed by atoms with Crippen LogP contribution in [0.2, 0.25) is 0 Å². The maximum Gasteiger partial charge on any atom is 0.109 e. The molecular weight excluding hydrogens is 164 g/mol. The van der Waals surface area contributed by atoms with Crippen LogP contribution in [-0.2, 0) is 4.74 Å². The van der Waals surface area contributed by atoms with Gasteiger partial charge in [0.2, 0.25) is 0 Å². The van der Waals surface area contributed by atoms with Gasteiger partial charge in [-0.2, -0.15) is 0 Å². The molecule has 0 radical (unpaired) electrons. The average Bonchev–Trinajstić information content (AvgIpc) is 2.04. The molecule has 0 amide bonds. The molecule has 0 bridgehead atoms. The Kier molecular flexibility index (Phi) is 6.23. The molecule has 0 rings (SSSR count). The van der Waals surface area contributed by atoms with Crippen LogP contribution >= 0.6 is 0 Å². The minimum atomic E-state index is -1.10. The van der Waals surface area contributed by atoms with Crippen LogP contribution in [0.5, 0.6) is 0 Å². The van der Waals surface area contributed by atoms with E-state index in [0.29, 0.717) is 0 Å². The van der Waals surface area contributed by atoms with Gasteiger partial charge < -0.3 is 25.2 Å². The van der Waals surface area contributed by atoms with E-state index >= 15 is 0 Å². The van der Waals surface area contributed by atoms with E-state index in [1.165, 1.54) is 6.92 Å². The standard InChI is InChI=1S/C7H16O5/c1-5(10)4-12-7(3-9)6(11)2-8/h5-11H,2-4H2,1H3/t5-,6+,7?/m1/s1. The van der Waals surface area contributed by atoms with Crippen LogP contribution in [0.1, 0.15) is 6.92 Å². The van der Waals surface area contributed by atoms with E-state index in [-0.39, 0.29) is 13.2 Å². The van der Waals surface area contributed by atoms with E-state index in [0.717, 1.165) is 0 Å². The maximum atomic E-state index is 9.01. The van der Waals surface area contributed by atoms with Crippen molar-refractivity contribution in [2.24, 2.45) is 0 Å². The number of ether oxygens (including phenoxy) is 1. The van der Waals surface area contributed by atoms with Crippen LogP contribution in [-0.4, -0.2) is 58.6 Å². The molecule has 0 aromatic heterocycles. The molecule has 74 valence electrons. The molecule has 1 unspecified atom stereocenters. The van der Waals surface area contributed by atoms with Crippen molar-refractivity contribution < 1.29 is 25.2 Å². The summed E-state index contributed by atoms with van der Waals surface area (Å²) in [7, 11) is 0. The monoisotopic (exact) mass is 180 g/mol. The Bertz CT molecular complexity index is 106. The molecule has 0 aliphatic rings. The third-order valence-corrected chi connectivity index (χ3v) is 1.35. The molecule has 4 N–H and O–H groups in total. The first-order chi connectivity index (χ1) is 5.61. The highest BCUT2D eigenvalue weighted by Gasteiger charge is 2.18. The minimum absolute atomic E-state index is 0.0300. The van der Waals surface area contributed by atoms with Crippen LogP contribution in [0.25, 0.3) is 0 Å². The zero-order valence-corrected chi connectivity index (χ0v) is 7.05. The molecule has 0 aliphatic heterocycles. The van der Waals surface area contributed by atoms with Crippen molar-refractivity contribution in [2.45, 2.75) is 25.2 Å². The third kappa shape index (κ3) is 4.63. The predicted octanol–water partition coefficient (Wildman–Crippen LogP) is -1.90.